The molecule has 204 valence electrons. The summed E-state index contributed by atoms with van der Waals surface area (Å²) in [6.07, 6.45) is 10.6. The van der Waals surface area contributed by atoms with E-state index in [4.69, 9.17) is 0 Å². The van der Waals surface area contributed by atoms with Crippen molar-refractivity contribution in [2.75, 3.05) is 4.72 Å². The second-order valence-corrected chi connectivity index (χ2v) is 10.4. The molecule has 4 heterocycles. The van der Waals surface area contributed by atoms with Crippen LogP contribution in [0.25, 0.3) is 28.1 Å². The third kappa shape index (κ3) is 4.80. The zero-order chi connectivity index (χ0) is 28.7. The number of ketones is 1. The number of halogens is 3. The molecule has 41 heavy (non-hydrogen) atoms. The summed E-state index contributed by atoms with van der Waals surface area (Å²) in [5.74, 6) is -4.00. The van der Waals surface area contributed by atoms with Crippen molar-refractivity contribution in [1.82, 2.24) is 29.5 Å². The largest absolute Gasteiger partial charge is 0.345 e. The fourth-order valence-electron chi connectivity index (χ4n) is 4.14. The van der Waals surface area contributed by atoms with E-state index < -0.39 is 49.4 Å². The van der Waals surface area contributed by atoms with Crippen molar-refractivity contribution in [3.05, 3.63) is 115 Å². The van der Waals surface area contributed by atoms with Crippen LogP contribution in [0.3, 0.4) is 0 Å². The van der Waals surface area contributed by atoms with Gasteiger partial charge in [-0.15, -0.1) is 0 Å². The van der Waals surface area contributed by atoms with Crippen LogP contribution in [0.5, 0.6) is 0 Å². The van der Waals surface area contributed by atoms with Gasteiger partial charge in [0.1, 0.15) is 23.6 Å². The van der Waals surface area contributed by atoms with Gasteiger partial charge < -0.3 is 4.98 Å². The van der Waals surface area contributed by atoms with Crippen LogP contribution in [0.2, 0.25) is 0 Å². The summed E-state index contributed by atoms with van der Waals surface area (Å²) in [6.45, 7) is 0. The second kappa shape index (κ2) is 9.98. The molecule has 0 aliphatic rings. The van der Waals surface area contributed by atoms with Gasteiger partial charge in [0.2, 0.25) is 5.78 Å². The highest BCUT2D eigenvalue weighted by atomic mass is 32.2. The number of carbonyl (C=O) groups is 1. The maximum absolute atomic E-state index is 15.5. The Morgan fingerprint density at radius 1 is 0.976 bits per heavy atom. The quantitative estimate of drug-likeness (QED) is 0.265. The van der Waals surface area contributed by atoms with E-state index in [0.29, 0.717) is 17.1 Å². The third-order valence-corrected chi connectivity index (χ3v) is 7.51. The zero-order valence-corrected chi connectivity index (χ0v) is 21.4. The van der Waals surface area contributed by atoms with Crippen LogP contribution in [0.15, 0.2) is 90.9 Å². The number of hydrogen-bond donors (Lipinski definition) is 2. The number of aromatic nitrogens is 6. The summed E-state index contributed by atoms with van der Waals surface area (Å²) < 4.78 is 72.9. The van der Waals surface area contributed by atoms with Crippen molar-refractivity contribution < 1.29 is 26.4 Å². The van der Waals surface area contributed by atoms with Crippen LogP contribution in [-0.2, 0) is 10.0 Å². The highest BCUT2D eigenvalue weighted by molar-refractivity contribution is 7.92. The first-order valence-electron chi connectivity index (χ1n) is 11.8. The topological polar surface area (TPSA) is 136 Å². The van der Waals surface area contributed by atoms with Gasteiger partial charge in [-0.3, -0.25) is 19.1 Å². The molecular formula is C27H16F3N7O3S. The molecule has 0 fully saturated rings. The maximum Gasteiger partial charge on any atom is 0.262 e. The van der Waals surface area contributed by atoms with Gasteiger partial charge in [0.05, 0.1) is 34.2 Å². The Balaban J connectivity index is 1.35. The van der Waals surface area contributed by atoms with Gasteiger partial charge >= 0.3 is 0 Å². The predicted octanol–water partition coefficient (Wildman–Crippen LogP) is 4.65. The smallest absolute Gasteiger partial charge is 0.262 e. The second-order valence-electron chi connectivity index (χ2n) is 8.73. The van der Waals surface area contributed by atoms with Crippen LogP contribution >= 0.6 is 0 Å². The Labute approximate surface area is 229 Å². The number of H-pyrrole nitrogens is 1. The molecule has 4 aromatic heterocycles. The van der Waals surface area contributed by atoms with E-state index in [0.717, 1.165) is 30.3 Å². The average Bonchev–Trinajstić information content (AvgIpc) is 3.65. The number of nitrogens with one attached hydrogen (secondary N) is 2. The lowest BCUT2D eigenvalue weighted by Crippen LogP contribution is -2.16. The van der Waals surface area contributed by atoms with E-state index in [-0.39, 0.29) is 16.6 Å². The number of rotatable bonds is 7. The number of carbonyl (C=O) groups excluding carboxylic acids is 1. The minimum atomic E-state index is -4.45. The predicted molar refractivity (Wildman–Crippen MR) is 141 cm³/mol. The van der Waals surface area contributed by atoms with Gasteiger partial charge in [0.15, 0.2) is 11.6 Å². The fraction of sp³-hybridized carbons (Fsp3) is 0. The van der Waals surface area contributed by atoms with E-state index in [1.807, 2.05) is 4.72 Å². The van der Waals surface area contributed by atoms with Gasteiger partial charge in [0.25, 0.3) is 10.0 Å². The zero-order valence-electron chi connectivity index (χ0n) is 20.6. The summed E-state index contributed by atoms with van der Waals surface area (Å²) in [7, 11) is -4.45. The third-order valence-electron chi connectivity index (χ3n) is 6.15. The summed E-state index contributed by atoms with van der Waals surface area (Å²) >= 11 is 0. The van der Waals surface area contributed by atoms with Crippen molar-refractivity contribution in [2.24, 2.45) is 0 Å². The first-order valence-corrected chi connectivity index (χ1v) is 13.3. The SMILES string of the molecule is O=C(c1c(F)ccc(NS(=O)(=O)c2cccc(F)c2)c1F)c1c[nH]c2ncc(-c3cnc(-n4ccnc4)cn3)cc12. The molecule has 10 nitrogen and oxygen atoms in total. The number of anilines is 1. The Bertz CT molecular complexity index is 2050. The van der Waals surface area contributed by atoms with Crippen LogP contribution in [0.1, 0.15) is 15.9 Å². The summed E-state index contributed by atoms with van der Waals surface area (Å²) in [4.78, 5) is 32.7. The van der Waals surface area contributed by atoms with Crippen molar-refractivity contribution in [1.29, 1.82) is 0 Å². The average molecular weight is 576 g/mol. The van der Waals surface area contributed by atoms with Gasteiger partial charge in [-0.05, 0) is 36.4 Å². The van der Waals surface area contributed by atoms with E-state index >= 15 is 4.39 Å². The van der Waals surface area contributed by atoms with Crippen LogP contribution in [-0.4, -0.2) is 43.7 Å². The molecule has 0 aliphatic heterocycles. The molecular weight excluding hydrogens is 559 g/mol. The molecule has 0 saturated carbocycles. The van der Waals surface area contributed by atoms with Crippen molar-refractivity contribution in [3.63, 3.8) is 0 Å². The summed E-state index contributed by atoms with van der Waals surface area (Å²) in [6, 6.07) is 7.21. The molecule has 2 N–H and O–H groups in total. The molecule has 0 aliphatic carbocycles. The lowest BCUT2D eigenvalue weighted by atomic mass is 10.0. The molecule has 0 spiro atoms. The molecule has 2 aromatic carbocycles. The molecule has 0 saturated heterocycles. The monoisotopic (exact) mass is 575 g/mol. The lowest BCUT2D eigenvalue weighted by molar-refractivity contribution is 0.103. The van der Waals surface area contributed by atoms with E-state index in [2.05, 4.69) is 24.9 Å². The molecule has 0 radical (unpaired) electrons. The van der Waals surface area contributed by atoms with E-state index in [1.165, 1.54) is 30.9 Å². The first-order chi connectivity index (χ1) is 19.7. The molecule has 0 atom stereocenters. The highest BCUT2D eigenvalue weighted by Gasteiger charge is 2.27. The number of aromatic amines is 1. The van der Waals surface area contributed by atoms with Crippen LogP contribution < -0.4 is 4.72 Å². The van der Waals surface area contributed by atoms with Gasteiger partial charge in [-0.1, -0.05) is 6.07 Å². The van der Waals surface area contributed by atoms with Gasteiger partial charge in [-0.2, -0.15) is 0 Å². The molecule has 6 rings (SSSR count). The molecule has 0 unspecified atom stereocenters. The number of pyridine rings is 1. The number of sulfonamides is 1. The van der Waals surface area contributed by atoms with Crippen LogP contribution in [0.4, 0.5) is 18.9 Å². The molecule has 0 bridgehead atoms. The number of hydrogen-bond acceptors (Lipinski definition) is 7. The summed E-state index contributed by atoms with van der Waals surface area (Å²) in [5.41, 5.74) is -0.613. The number of fused-ring (bicyclic) bond motifs is 1. The standard InChI is InChI=1S/C27H16F3N7O3S/c28-16-2-1-3-17(9-16)41(39,40)36-21-5-4-20(29)24(25(21)30)26(38)19-11-35-27-18(19)8-15(10-34-27)22-12-33-23(13-32-22)37-7-6-31-14-37/h1-14,36H,(H,34,35). The van der Waals surface area contributed by atoms with E-state index in [9.17, 15) is 22.0 Å². The maximum atomic E-state index is 15.5. The lowest BCUT2D eigenvalue weighted by Gasteiger charge is -2.12. The number of imidazole rings is 1. The molecule has 6 aromatic rings. The van der Waals surface area contributed by atoms with Crippen molar-refractivity contribution in [3.8, 4) is 17.1 Å². The Hall–Kier alpha value is -5.37. The van der Waals surface area contributed by atoms with Gasteiger partial charge in [-0.25, -0.2) is 36.5 Å². The van der Waals surface area contributed by atoms with Crippen molar-refractivity contribution in [2.45, 2.75) is 4.90 Å². The van der Waals surface area contributed by atoms with Crippen molar-refractivity contribution >= 4 is 32.5 Å². The fourth-order valence-corrected chi connectivity index (χ4v) is 5.23. The van der Waals surface area contributed by atoms with E-state index in [1.54, 1.807) is 29.4 Å². The normalized spacial score (nSPS) is 11.6. The van der Waals surface area contributed by atoms with Crippen LogP contribution in [0, 0.1) is 17.5 Å². The number of nitrogens with zero attached hydrogens (tertiary/aromatic N) is 5. The Morgan fingerprint density at radius 3 is 2.56 bits per heavy atom. The number of benzene rings is 2. The Kier molecular flexibility index (Phi) is 6.30. The molecule has 14 heteroatoms. The minimum Gasteiger partial charge on any atom is -0.345 e. The minimum absolute atomic E-state index is 0.111. The van der Waals surface area contributed by atoms with Gasteiger partial charge in [0, 0.05) is 41.3 Å². The first kappa shape index (κ1) is 25.9. The highest BCUT2D eigenvalue weighted by Crippen LogP contribution is 2.30. The summed E-state index contributed by atoms with van der Waals surface area (Å²) in [5, 5.41) is 0.248. The molecule has 0 amide bonds. The Morgan fingerprint density at radius 2 is 1.83 bits per heavy atom.